The van der Waals surface area contributed by atoms with Crippen molar-refractivity contribution in [2.75, 3.05) is 5.73 Å². The maximum atomic E-state index is 12.5. The number of benzene rings is 1. The second-order valence-electron chi connectivity index (χ2n) is 2.88. The minimum absolute atomic E-state index is 0.343. The summed E-state index contributed by atoms with van der Waals surface area (Å²) in [4.78, 5) is -0.747. The second-order valence-corrected chi connectivity index (χ2v) is 5.26. The quantitative estimate of drug-likeness (QED) is 0.773. The van der Waals surface area contributed by atoms with Crippen LogP contribution in [0.15, 0.2) is 21.5 Å². The molecule has 4 N–H and O–H groups in total. The Balaban J connectivity index is 3.65. The monoisotopic (exact) mass is 318 g/mol. The third-order valence-corrected chi connectivity index (χ3v) is 3.37. The number of hydrogen-bond donors (Lipinski definition) is 2. The Morgan fingerprint density at radius 3 is 2.12 bits per heavy atom. The van der Waals surface area contributed by atoms with Crippen LogP contribution in [-0.4, -0.2) is 8.42 Å². The molecular formula is C7H6BrF3N2O2S. The Labute approximate surface area is 97.6 Å². The molecule has 0 heterocycles. The fraction of sp³-hybridized carbons (Fsp3) is 0.143. The van der Waals surface area contributed by atoms with Crippen LogP contribution in [0.2, 0.25) is 0 Å². The van der Waals surface area contributed by atoms with E-state index in [9.17, 15) is 21.6 Å². The Hall–Kier alpha value is -0.800. The van der Waals surface area contributed by atoms with Crippen LogP contribution in [0.3, 0.4) is 0 Å². The average molecular weight is 319 g/mol. The standard InChI is InChI=1S/C7H6BrF3N2O2S/c8-3-1-2-4(16(13,14)15)6(12)5(3)7(9,10)11/h1-2H,12H2,(H2,13,14,15). The van der Waals surface area contributed by atoms with Gasteiger partial charge in [0.05, 0.1) is 11.3 Å². The van der Waals surface area contributed by atoms with Gasteiger partial charge in [-0.1, -0.05) is 15.9 Å². The lowest BCUT2D eigenvalue weighted by Gasteiger charge is -2.14. The lowest BCUT2D eigenvalue weighted by molar-refractivity contribution is -0.137. The summed E-state index contributed by atoms with van der Waals surface area (Å²) in [6, 6.07) is 1.84. The van der Waals surface area contributed by atoms with Gasteiger partial charge in [0.2, 0.25) is 10.0 Å². The van der Waals surface area contributed by atoms with Crippen LogP contribution < -0.4 is 10.9 Å². The normalized spacial score (nSPS) is 12.8. The van der Waals surface area contributed by atoms with Crippen molar-refractivity contribution in [3.8, 4) is 0 Å². The predicted molar refractivity (Wildman–Crippen MR) is 54.9 cm³/mol. The summed E-state index contributed by atoms with van der Waals surface area (Å²) in [5.74, 6) is 0. The molecule has 90 valence electrons. The van der Waals surface area contributed by atoms with Gasteiger partial charge < -0.3 is 5.73 Å². The zero-order valence-corrected chi connectivity index (χ0v) is 9.95. The first-order valence-corrected chi connectivity index (χ1v) is 6.07. The summed E-state index contributed by atoms with van der Waals surface area (Å²) < 4.78 is 59.2. The van der Waals surface area contributed by atoms with E-state index in [1.165, 1.54) is 0 Å². The first-order valence-electron chi connectivity index (χ1n) is 3.73. The molecule has 0 saturated carbocycles. The summed E-state index contributed by atoms with van der Waals surface area (Å²) in [5.41, 5.74) is 2.98. The molecule has 1 aromatic rings. The van der Waals surface area contributed by atoms with Crippen LogP contribution in [0.5, 0.6) is 0 Å². The second kappa shape index (κ2) is 3.90. The van der Waals surface area contributed by atoms with Crippen molar-refractivity contribution in [3.05, 3.63) is 22.2 Å². The number of primary sulfonamides is 1. The average Bonchev–Trinajstić information content (AvgIpc) is 1.97. The summed E-state index contributed by atoms with van der Waals surface area (Å²) in [6.07, 6.45) is -4.76. The van der Waals surface area contributed by atoms with Crippen LogP contribution in [-0.2, 0) is 16.2 Å². The molecular weight excluding hydrogens is 313 g/mol. The molecule has 16 heavy (non-hydrogen) atoms. The van der Waals surface area contributed by atoms with E-state index in [1.54, 1.807) is 0 Å². The SMILES string of the molecule is Nc1c(S(N)(=O)=O)ccc(Br)c1C(F)(F)F. The summed E-state index contributed by atoms with van der Waals surface area (Å²) in [7, 11) is -4.28. The van der Waals surface area contributed by atoms with Crippen LogP contribution in [0.1, 0.15) is 5.56 Å². The van der Waals surface area contributed by atoms with Gasteiger partial charge in [0.15, 0.2) is 0 Å². The topological polar surface area (TPSA) is 86.2 Å². The van der Waals surface area contributed by atoms with Crippen molar-refractivity contribution in [2.24, 2.45) is 5.14 Å². The Morgan fingerprint density at radius 1 is 1.25 bits per heavy atom. The number of nitrogen functional groups attached to an aromatic ring is 1. The largest absolute Gasteiger partial charge is 0.419 e. The molecule has 4 nitrogen and oxygen atoms in total. The van der Waals surface area contributed by atoms with E-state index in [0.29, 0.717) is 0 Å². The molecule has 0 unspecified atom stereocenters. The van der Waals surface area contributed by atoms with Crippen molar-refractivity contribution in [2.45, 2.75) is 11.1 Å². The van der Waals surface area contributed by atoms with E-state index >= 15 is 0 Å². The fourth-order valence-corrected chi connectivity index (χ4v) is 2.35. The van der Waals surface area contributed by atoms with Crippen LogP contribution in [0, 0.1) is 0 Å². The molecule has 0 aliphatic heterocycles. The maximum absolute atomic E-state index is 12.5. The van der Waals surface area contributed by atoms with Gasteiger partial charge in [-0.25, -0.2) is 13.6 Å². The van der Waals surface area contributed by atoms with Gasteiger partial charge in [-0.3, -0.25) is 0 Å². The van der Waals surface area contributed by atoms with Crippen molar-refractivity contribution in [3.63, 3.8) is 0 Å². The minimum atomic E-state index is -4.76. The lowest BCUT2D eigenvalue weighted by atomic mass is 10.2. The van der Waals surface area contributed by atoms with Gasteiger partial charge >= 0.3 is 6.18 Å². The van der Waals surface area contributed by atoms with Crippen LogP contribution >= 0.6 is 15.9 Å². The van der Waals surface area contributed by atoms with E-state index in [0.717, 1.165) is 12.1 Å². The smallest absolute Gasteiger partial charge is 0.397 e. The molecule has 1 aromatic carbocycles. The number of nitrogens with two attached hydrogens (primary N) is 2. The molecule has 0 radical (unpaired) electrons. The number of alkyl halides is 3. The fourth-order valence-electron chi connectivity index (χ4n) is 1.11. The minimum Gasteiger partial charge on any atom is -0.397 e. The maximum Gasteiger partial charge on any atom is 0.419 e. The van der Waals surface area contributed by atoms with Crippen molar-refractivity contribution in [1.29, 1.82) is 0 Å². The van der Waals surface area contributed by atoms with E-state index in [-0.39, 0.29) is 4.47 Å². The number of hydrogen-bond acceptors (Lipinski definition) is 3. The highest BCUT2D eigenvalue weighted by atomic mass is 79.9. The molecule has 0 aromatic heterocycles. The van der Waals surface area contributed by atoms with Crippen molar-refractivity contribution in [1.82, 2.24) is 0 Å². The van der Waals surface area contributed by atoms with E-state index in [2.05, 4.69) is 15.9 Å². The number of sulfonamides is 1. The molecule has 0 spiro atoms. The summed E-state index contributed by atoms with van der Waals surface area (Å²) in [5, 5.41) is 4.73. The number of anilines is 1. The number of halogens is 4. The van der Waals surface area contributed by atoms with Gasteiger partial charge in [0.1, 0.15) is 4.90 Å². The Kier molecular flexibility index (Phi) is 3.23. The van der Waals surface area contributed by atoms with Gasteiger partial charge in [-0.2, -0.15) is 13.2 Å². The highest BCUT2D eigenvalue weighted by Gasteiger charge is 2.37. The predicted octanol–water partition coefficient (Wildman–Crippen LogP) is 1.70. The molecule has 9 heteroatoms. The van der Waals surface area contributed by atoms with E-state index in [4.69, 9.17) is 10.9 Å². The van der Waals surface area contributed by atoms with Gasteiger partial charge in [-0.05, 0) is 12.1 Å². The molecule has 0 aliphatic rings. The molecule has 0 amide bonds. The van der Waals surface area contributed by atoms with Gasteiger partial charge in [0.25, 0.3) is 0 Å². The van der Waals surface area contributed by atoms with E-state index < -0.39 is 32.3 Å². The van der Waals surface area contributed by atoms with E-state index in [1.807, 2.05) is 0 Å². The zero-order chi connectivity index (χ0) is 12.7. The van der Waals surface area contributed by atoms with Crippen molar-refractivity contribution >= 4 is 31.6 Å². The lowest BCUT2D eigenvalue weighted by Crippen LogP contribution is -2.18. The van der Waals surface area contributed by atoms with Crippen LogP contribution in [0.25, 0.3) is 0 Å². The molecule has 0 fully saturated rings. The molecule has 0 bridgehead atoms. The first kappa shape index (κ1) is 13.3. The third kappa shape index (κ3) is 2.47. The molecule has 0 saturated heterocycles. The highest BCUT2D eigenvalue weighted by molar-refractivity contribution is 9.10. The Morgan fingerprint density at radius 2 is 1.75 bits per heavy atom. The van der Waals surface area contributed by atoms with Crippen molar-refractivity contribution < 1.29 is 21.6 Å². The molecule has 1 rings (SSSR count). The first-order chi connectivity index (χ1) is 7.05. The van der Waals surface area contributed by atoms with Crippen LogP contribution in [0.4, 0.5) is 18.9 Å². The zero-order valence-electron chi connectivity index (χ0n) is 7.55. The summed E-state index contributed by atoms with van der Waals surface area (Å²) >= 11 is 2.65. The van der Waals surface area contributed by atoms with Gasteiger partial charge in [0, 0.05) is 4.47 Å². The summed E-state index contributed by atoms with van der Waals surface area (Å²) in [6.45, 7) is 0. The van der Waals surface area contributed by atoms with Gasteiger partial charge in [-0.15, -0.1) is 0 Å². The molecule has 0 atom stereocenters. The Bertz CT molecular complexity index is 527. The number of rotatable bonds is 1. The highest BCUT2D eigenvalue weighted by Crippen LogP contribution is 2.40. The molecule has 0 aliphatic carbocycles. The third-order valence-electron chi connectivity index (χ3n) is 1.74.